The average molecular weight is 1900 g/mol. The van der Waals surface area contributed by atoms with Crippen LogP contribution in [-0.4, -0.2) is 57.1 Å². The van der Waals surface area contributed by atoms with E-state index in [1.165, 1.54) is 56.1 Å². The van der Waals surface area contributed by atoms with Gasteiger partial charge in [0.25, 0.3) is 0 Å². The van der Waals surface area contributed by atoms with Crippen molar-refractivity contribution in [3.63, 3.8) is 0 Å². The lowest BCUT2D eigenvalue weighted by atomic mass is 10.0. The zero-order chi connectivity index (χ0) is 80.3. The van der Waals surface area contributed by atoms with Crippen LogP contribution in [0.15, 0.2) is 347 Å². The number of aromatic nitrogens is 8. The summed E-state index contributed by atoms with van der Waals surface area (Å²) in [5.41, 5.74) is 22.9. The van der Waals surface area contributed by atoms with E-state index in [2.05, 4.69) is 243 Å². The largest absolute Gasteiger partial charge is 0.244 e. The molecule has 12 aromatic carbocycles. The Bertz CT molecular complexity index is 5160. The van der Waals surface area contributed by atoms with E-state index in [-0.39, 0.29) is 0 Å². The Morgan fingerprint density at radius 1 is 0.155 bits per heavy atom. The highest BCUT2D eigenvalue weighted by Crippen LogP contribution is 2.64. The minimum atomic E-state index is -0.750. The number of hydrogen-bond donors (Lipinski definition) is 0. The molecule has 0 N–H and O–H groups in total. The summed E-state index contributed by atoms with van der Waals surface area (Å²) in [5.74, 6) is 0. The molecule has 116 heavy (non-hydrogen) atoms. The Hall–Kier alpha value is -6.24. The summed E-state index contributed by atoms with van der Waals surface area (Å²) in [4.78, 5) is 51.5. The number of thioether (sulfide) groups is 8. The molecular weight excluding hydrogens is 1850 g/mol. The fourth-order valence-electron chi connectivity index (χ4n) is 12.5. The second kappa shape index (κ2) is 40.0. The van der Waals surface area contributed by atoms with Crippen LogP contribution < -0.4 is 0 Å². The molecule has 0 saturated carbocycles. The molecule has 0 spiro atoms. The van der Waals surface area contributed by atoms with Gasteiger partial charge in [0.1, 0.15) is 0 Å². The maximum Gasteiger partial charge on any atom is 0.180 e. The van der Waals surface area contributed by atoms with E-state index in [0.717, 1.165) is 134 Å². The Morgan fingerprint density at radius 3 is 0.345 bits per heavy atom. The van der Waals surface area contributed by atoms with Gasteiger partial charge >= 0.3 is 0 Å². The Kier molecular flexibility index (Phi) is 29.2. The number of benzene rings is 12. The van der Waals surface area contributed by atoms with Gasteiger partial charge < -0.3 is 0 Å². The van der Waals surface area contributed by atoms with Gasteiger partial charge in [0.2, 0.25) is 0 Å². The molecule has 28 heteroatoms. The fraction of sp³-hybridized carbons (Fsp3) is 0.0455. The minimum Gasteiger partial charge on any atom is -0.244 e. The van der Waals surface area contributed by atoms with Gasteiger partial charge in [-0.2, -0.15) is 0 Å². The molecule has 16 aromatic rings. The van der Waals surface area contributed by atoms with Crippen molar-refractivity contribution in [1.82, 2.24) is 39.9 Å². The molecule has 0 atom stereocenters. The normalized spacial score (nSPS) is 13.0. The van der Waals surface area contributed by atoms with Gasteiger partial charge in [-0.1, -0.05) is 476 Å². The highest BCUT2D eigenvalue weighted by Gasteiger charge is 2.32. The van der Waals surface area contributed by atoms with Crippen LogP contribution in [0, 0.1) is 0 Å². The molecule has 0 saturated heterocycles. The topological polar surface area (TPSA) is 103 Å². The van der Waals surface area contributed by atoms with E-state index in [1.54, 1.807) is 0 Å². The van der Waals surface area contributed by atoms with Crippen molar-refractivity contribution in [3.8, 4) is 90.1 Å². The fourth-order valence-corrected chi connectivity index (χ4v) is 23.2. The Morgan fingerprint density at radius 2 is 0.250 bits per heavy atom. The first kappa shape index (κ1) is 84.8. The summed E-state index contributed by atoms with van der Waals surface area (Å²) in [6.45, 7) is 0. The van der Waals surface area contributed by atoms with Gasteiger partial charge in [-0.05, 0) is 48.5 Å². The first-order valence-corrected chi connectivity index (χ1v) is 46.6. The Balaban J connectivity index is 0.000000154. The van der Waals surface area contributed by atoms with Gasteiger partial charge in [0, 0.05) is 83.7 Å². The van der Waals surface area contributed by atoms with Crippen LogP contribution in [0.5, 0.6) is 0 Å². The molecular formula is C88H52Cl12N8S8. The monoisotopic (exact) mass is 1900 g/mol. The number of hydrogen-bond acceptors (Lipinski definition) is 16. The lowest BCUT2D eigenvalue weighted by molar-refractivity contribution is 1.22. The summed E-state index contributed by atoms with van der Waals surface area (Å²) in [5, 5.41) is 0. The lowest BCUT2D eigenvalue weighted by Gasteiger charge is -2.11. The van der Waals surface area contributed by atoms with Crippen molar-refractivity contribution < 1.29 is 0 Å². The summed E-state index contributed by atoms with van der Waals surface area (Å²) in [6.07, 6.45) is 0. The predicted molar refractivity (Wildman–Crippen MR) is 508 cm³/mol. The van der Waals surface area contributed by atoms with E-state index in [1.807, 2.05) is 143 Å². The molecule has 0 amide bonds. The SMILES string of the molecule is ClC(Cl)Cl.ClC(Cl)Cl.ClC(Cl)Cl.ClC(Cl)Cl.c1ccc(-c2nc3cc4c(cc3nc2-c2ccccc2)SC(=C2Sc3cc5nc(-c6ccccc6)c(-c6ccccc6)nc5cc3S2)S4)cc1.c1ccc(-c2nc3cc4c(cc3nc2-c2ccccc2)SC(=C2Sc3cc5nc(-c6ccccc6)c(-c6ccccc6)nc5cc3S2)S4)cc1. The molecule has 4 aliphatic heterocycles. The van der Waals surface area contributed by atoms with Crippen molar-refractivity contribution in [1.29, 1.82) is 0 Å². The predicted octanol–water partition coefficient (Wildman–Crippen LogP) is 32.9. The van der Waals surface area contributed by atoms with Gasteiger partial charge in [0.05, 0.1) is 107 Å². The molecule has 0 bridgehead atoms. The van der Waals surface area contributed by atoms with Crippen molar-refractivity contribution in [3.05, 3.63) is 308 Å². The van der Waals surface area contributed by atoms with Crippen LogP contribution in [0.3, 0.4) is 0 Å². The van der Waals surface area contributed by atoms with Crippen LogP contribution in [0.2, 0.25) is 0 Å². The van der Waals surface area contributed by atoms with Gasteiger partial charge in [-0.3, -0.25) is 0 Å². The second-order valence-corrected chi connectivity index (χ2v) is 42.1. The number of fused-ring (bicyclic) bond motifs is 8. The molecule has 576 valence electrons. The summed E-state index contributed by atoms with van der Waals surface area (Å²) >= 11 is 72.3. The van der Waals surface area contributed by atoms with Crippen molar-refractivity contribution in [2.75, 3.05) is 0 Å². The molecule has 0 unspecified atom stereocenters. The first-order chi connectivity index (χ1) is 56.4. The van der Waals surface area contributed by atoms with Gasteiger partial charge in [-0.25, -0.2) is 39.9 Å². The van der Waals surface area contributed by atoms with E-state index in [9.17, 15) is 0 Å². The maximum absolute atomic E-state index is 5.22. The highest BCUT2D eigenvalue weighted by molar-refractivity contribution is 8.31. The van der Waals surface area contributed by atoms with Crippen molar-refractivity contribution in [2.45, 2.75) is 56.3 Å². The summed E-state index contributed by atoms with van der Waals surface area (Å²) in [7, 11) is 0. The molecule has 8 heterocycles. The Labute approximate surface area is 763 Å². The lowest BCUT2D eigenvalue weighted by Crippen LogP contribution is -1.95. The molecule has 0 aliphatic carbocycles. The molecule has 4 aliphatic rings. The van der Waals surface area contributed by atoms with Crippen molar-refractivity contribution in [2.24, 2.45) is 0 Å². The van der Waals surface area contributed by atoms with Gasteiger partial charge in [0.15, 0.2) is 17.2 Å². The van der Waals surface area contributed by atoms with Crippen LogP contribution in [-0.2, 0) is 0 Å². The average Bonchev–Trinajstić information content (AvgIpc) is 1.76. The maximum atomic E-state index is 5.22. The zero-order valence-electron chi connectivity index (χ0n) is 59.4. The number of rotatable bonds is 8. The number of halogens is 12. The van der Waals surface area contributed by atoms with Crippen LogP contribution >= 0.6 is 233 Å². The quantitative estimate of drug-likeness (QED) is 0.135. The summed E-state index contributed by atoms with van der Waals surface area (Å²) in [6, 6.07) is 100. The van der Waals surface area contributed by atoms with E-state index in [0.29, 0.717) is 0 Å². The van der Waals surface area contributed by atoms with Crippen LogP contribution in [0.1, 0.15) is 0 Å². The first-order valence-electron chi connectivity index (χ1n) is 34.9. The zero-order valence-corrected chi connectivity index (χ0v) is 75.0. The van der Waals surface area contributed by atoms with Gasteiger partial charge in [-0.15, -0.1) is 0 Å². The van der Waals surface area contributed by atoms with Crippen molar-refractivity contribution >= 4 is 277 Å². The summed E-state index contributed by atoms with van der Waals surface area (Å²) < 4.78 is 2.14. The third kappa shape index (κ3) is 21.0. The standard InChI is InChI=1S/2C42H24N4S4.4CHCl3/c2*1-5-13-25(14-6-1)37-38(26-15-7-2-8-16-26)44-30-22-34-33(21-29(30)43-37)47-41(48-34)42-49-35-23-31-32(24-36(35)50-42)46-40(28-19-11-4-12-20-28)39(45-31)27-17-9-3-10-18-27;4*2-1(3)4/h2*1-24H;4*1H. The molecule has 20 rings (SSSR count). The molecule has 0 fully saturated rings. The molecule has 0 radical (unpaired) electrons. The molecule has 4 aromatic heterocycles. The molecule has 8 nitrogen and oxygen atoms in total. The third-order valence-electron chi connectivity index (χ3n) is 17.3. The number of alkyl halides is 12. The van der Waals surface area contributed by atoms with E-state index >= 15 is 0 Å². The van der Waals surface area contributed by atoms with E-state index in [4.69, 9.17) is 179 Å². The smallest absolute Gasteiger partial charge is 0.180 e. The number of nitrogens with zero attached hydrogens (tertiary/aromatic N) is 8. The minimum absolute atomic E-state index is 0.750. The third-order valence-corrected chi connectivity index (χ3v) is 28.4. The second-order valence-electron chi connectivity index (χ2n) is 24.7. The van der Waals surface area contributed by atoms with E-state index < -0.39 is 17.2 Å². The van der Waals surface area contributed by atoms with Crippen LogP contribution in [0.25, 0.3) is 134 Å². The van der Waals surface area contributed by atoms with Crippen LogP contribution in [0.4, 0.5) is 0 Å². The highest BCUT2D eigenvalue weighted by atomic mass is 35.6.